The zero-order valence-electron chi connectivity index (χ0n) is 11.6. The Bertz CT molecular complexity index is 749. The van der Waals surface area contributed by atoms with E-state index in [9.17, 15) is 22.4 Å². The van der Waals surface area contributed by atoms with Crippen LogP contribution in [0.15, 0.2) is 34.9 Å². The molecule has 0 atom stereocenters. The minimum atomic E-state index is -4.84. The number of aryl methyl sites for hydroxylation is 1. The average Bonchev–Trinajstić information content (AvgIpc) is 2.44. The second-order valence-corrected chi connectivity index (χ2v) is 5.40. The van der Waals surface area contributed by atoms with E-state index in [2.05, 4.69) is 31.5 Å². The van der Waals surface area contributed by atoms with Gasteiger partial charge >= 0.3 is 12.2 Å². The molecule has 9 heteroatoms. The van der Waals surface area contributed by atoms with E-state index in [1.807, 2.05) is 0 Å². The number of hydrogen-bond donors (Lipinski definition) is 2. The lowest BCUT2D eigenvalue weighted by molar-refractivity contribution is -0.139. The fraction of sp³-hybridized carbons (Fsp3) is 0.143. The van der Waals surface area contributed by atoms with Gasteiger partial charge in [-0.25, -0.2) is 9.18 Å². The number of hydrogen-bond acceptors (Lipinski definition) is 2. The number of rotatable bonds is 2. The van der Waals surface area contributed by atoms with E-state index < -0.39 is 29.3 Å². The van der Waals surface area contributed by atoms with Crippen LogP contribution in [0.2, 0.25) is 0 Å². The number of nitrogens with one attached hydrogen (secondary N) is 2. The number of halogens is 5. The molecule has 122 valence electrons. The summed E-state index contributed by atoms with van der Waals surface area (Å²) in [6.45, 7) is 1.70. The van der Waals surface area contributed by atoms with Gasteiger partial charge in [0.1, 0.15) is 0 Å². The lowest BCUT2D eigenvalue weighted by Crippen LogP contribution is -2.21. The Balaban J connectivity index is 2.19. The van der Waals surface area contributed by atoms with E-state index in [0.717, 1.165) is 12.1 Å². The molecular formula is C14H10BrF4N3O. The van der Waals surface area contributed by atoms with Gasteiger partial charge in [-0.1, -0.05) is 6.07 Å². The molecule has 2 N–H and O–H groups in total. The van der Waals surface area contributed by atoms with Crippen molar-refractivity contribution >= 4 is 33.3 Å². The van der Waals surface area contributed by atoms with Gasteiger partial charge in [-0.15, -0.1) is 0 Å². The first-order chi connectivity index (χ1) is 10.7. The van der Waals surface area contributed by atoms with Crippen LogP contribution < -0.4 is 10.6 Å². The number of urea groups is 1. The first kappa shape index (κ1) is 17.2. The van der Waals surface area contributed by atoms with Crippen LogP contribution in [0.4, 0.5) is 33.7 Å². The van der Waals surface area contributed by atoms with Gasteiger partial charge in [0.15, 0.2) is 5.82 Å². The van der Waals surface area contributed by atoms with Crippen molar-refractivity contribution in [1.82, 2.24) is 4.98 Å². The van der Waals surface area contributed by atoms with Crippen molar-refractivity contribution in [3.05, 3.63) is 52.0 Å². The highest BCUT2D eigenvalue weighted by molar-refractivity contribution is 9.10. The Morgan fingerprint density at radius 3 is 2.52 bits per heavy atom. The average molecular weight is 392 g/mol. The van der Waals surface area contributed by atoms with Crippen LogP contribution in [0.3, 0.4) is 0 Å². The Morgan fingerprint density at radius 1 is 1.22 bits per heavy atom. The number of pyridine rings is 1. The van der Waals surface area contributed by atoms with Gasteiger partial charge in [0.25, 0.3) is 0 Å². The molecule has 1 aromatic heterocycles. The number of benzene rings is 1. The molecule has 2 amide bonds. The molecule has 23 heavy (non-hydrogen) atoms. The molecule has 0 fully saturated rings. The molecule has 0 radical (unpaired) electrons. The summed E-state index contributed by atoms with van der Waals surface area (Å²) in [5, 5.41) is 4.45. The highest BCUT2D eigenvalue weighted by Gasteiger charge is 2.35. The van der Waals surface area contributed by atoms with Crippen molar-refractivity contribution in [3.8, 4) is 0 Å². The number of aromatic nitrogens is 1. The second-order valence-electron chi connectivity index (χ2n) is 4.55. The standard InChI is InChI=1S/C14H10BrF4N3O/c1-7-5-11(9(15)6-20-7)22-13(23)21-10-4-2-3-8(12(10)16)14(17,18)19/h2-6H,1H3,(H2,20,21,22,23). The van der Waals surface area contributed by atoms with Crippen LogP contribution in [-0.2, 0) is 6.18 Å². The van der Waals surface area contributed by atoms with Gasteiger partial charge in [-0.05, 0) is 41.1 Å². The smallest absolute Gasteiger partial charge is 0.306 e. The molecule has 0 unspecified atom stereocenters. The number of anilines is 2. The zero-order valence-corrected chi connectivity index (χ0v) is 13.2. The summed E-state index contributed by atoms with van der Waals surface area (Å²) in [6, 6.07) is 3.31. The molecular weight excluding hydrogens is 382 g/mol. The number of amides is 2. The Morgan fingerprint density at radius 2 is 1.87 bits per heavy atom. The second kappa shape index (κ2) is 6.53. The van der Waals surface area contributed by atoms with Crippen molar-refractivity contribution in [2.75, 3.05) is 10.6 Å². The maximum absolute atomic E-state index is 13.8. The number of carbonyl (C=O) groups is 1. The van der Waals surface area contributed by atoms with Crippen molar-refractivity contribution in [3.63, 3.8) is 0 Å². The normalized spacial score (nSPS) is 11.2. The third kappa shape index (κ3) is 4.19. The third-order valence-electron chi connectivity index (χ3n) is 2.79. The van der Waals surface area contributed by atoms with Gasteiger partial charge in [0, 0.05) is 11.9 Å². The minimum Gasteiger partial charge on any atom is -0.306 e. The van der Waals surface area contributed by atoms with E-state index in [0.29, 0.717) is 21.9 Å². The predicted molar refractivity (Wildman–Crippen MR) is 80.7 cm³/mol. The highest BCUT2D eigenvalue weighted by Crippen LogP contribution is 2.34. The van der Waals surface area contributed by atoms with E-state index in [1.165, 1.54) is 6.20 Å². The fourth-order valence-corrected chi connectivity index (χ4v) is 2.08. The summed E-state index contributed by atoms with van der Waals surface area (Å²) in [7, 11) is 0. The first-order valence-electron chi connectivity index (χ1n) is 6.24. The van der Waals surface area contributed by atoms with Crippen molar-refractivity contribution in [2.24, 2.45) is 0 Å². The molecule has 0 aliphatic rings. The van der Waals surface area contributed by atoms with Gasteiger partial charge in [-0.2, -0.15) is 13.2 Å². The molecule has 2 aromatic rings. The largest absolute Gasteiger partial charge is 0.419 e. The van der Waals surface area contributed by atoms with Gasteiger partial charge in [0.2, 0.25) is 0 Å². The quantitative estimate of drug-likeness (QED) is 0.711. The van der Waals surface area contributed by atoms with Crippen LogP contribution >= 0.6 is 15.9 Å². The fourth-order valence-electron chi connectivity index (χ4n) is 1.76. The predicted octanol–water partition coefficient (Wildman–Crippen LogP) is 4.95. The van der Waals surface area contributed by atoms with Crippen molar-refractivity contribution in [2.45, 2.75) is 13.1 Å². The molecule has 0 bridgehead atoms. The molecule has 2 rings (SSSR count). The van der Waals surface area contributed by atoms with Crippen LogP contribution in [-0.4, -0.2) is 11.0 Å². The maximum Gasteiger partial charge on any atom is 0.419 e. The Hall–Kier alpha value is -2.16. The highest BCUT2D eigenvalue weighted by atomic mass is 79.9. The van der Waals surface area contributed by atoms with Crippen LogP contribution in [0.5, 0.6) is 0 Å². The monoisotopic (exact) mass is 391 g/mol. The van der Waals surface area contributed by atoms with Crippen molar-refractivity contribution < 1.29 is 22.4 Å². The van der Waals surface area contributed by atoms with Gasteiger partial charge in [0.05, 0.1) is 21.4 Å². The zero-order chi connectivity index (χ0) is 17.2. The lowest BCUT2D eigenvalue weighted by atomic mass is 10.2. The summed E-state index contributed by atoms with van der Waals surface area (Å²) in [4.78, 5) is 15.8. The molecule has 0 aliphatic carbocycles. The molecule has 1 heterocycles. The minimum absolute atomic E-state index is 0.349. The molecule has 0 spiro atoms. The van der Waals surface area contributed by atoms with Crippen LogP contribution in [0.1, 0.15) is 11.3 Å². The lowest BCUT2D eigenvalue weighted by Gasteiger charge is -2.13. The Labute approximate surface area is 137 Å². The Kier molecular flexibility index (Phi) is 4.88. The van der Waals surface area contributed by atoms with Crippen LogP contribution in [0.25, 0.3) is 0 Å². The molecule has 0 saturated carbocycles. The van der Waals surface area contributed by atoms with E-state index in [-0.39, 0.29) is 0 Å². The van der Waals surface area contributed by atoms with Gasteiger partial charge in [-0.3, -0.25) is 4.98 Å². The van der Waals surface area contributed by atoms with Crippen LogP contribution in [0, 0.1) is 12.7 Å². The number of nitrogens with zero attached hydrogens (tertiary/aromatic N) is 1. The van der Waals surface area contributed by atoms with E-state index >= 15 is 0 Å². The van der Waals surface area contributed by atoms with E-state index in [4.69, 9.17) is 0 Å². The summed E-state index contributed by atoms with van der Waals surface area (Å²) >= 11 is 3.17. The number of carbonyl (C=O) groups excluding carboxylic acids is 1. The number of alkyl halides is 3. The van der Waals surface area contributed by atoms with E-state index in [1.54, 1.807) is 13.0 Å². The van der Waals surface area contributed by atoms with Crippen molar-refractivity contribution in [1.29, 1.82) is 0 Å². The van der Waals surface area contributed by atoms with Gasteiger partial charge < -0.3 is 10.6 Å². The third-order valence-corrected chi connectivity index (χ3v) is 3.42. The summed E-state index contributed by atoms with van der Waals surface area (Å²) in [5.41, 5.74) is -1.05. The molecule has 0 aliphatic heterocycles. The summed E-state index contributed by atoms with van der Waals surface area (Å²) in [6.07, 6.45) is -3.39. The summed E-state index contributed by atoms with van der Waals surface area (Å²) in [5.74, 6) is -1.54. The molecule has 0 saturated heterocycles. The maximum atomic E-state index is 13.8. The summed E-state index contributed by atoms with van der Waals surface area (Å²) < 4.78 is 52.2. The molecule has 1 aromatic carbocycles. The SMILES string of the molecule is Cc1cc(NC(=O)Nc2cccc(C(F)(F)F)c2F)c(Br)cn1. The first-order valence-corrected chi connectivity index (χ1v) is 7.03. The topological polar surface area (TPSA) is 54.0 Å². The molecule has 4 nitrogen and oxygen atoms in total.